The van der Waals surface area contributed by atoms with E-state index in [0.717, 1.165) is 5.56 Å². The maximum Gasteiger partial charge on any atom is 0.319 e. The Morgan fingerprint density at radius 3 is 2.61 bits per heavy atom. The Morgan fingerprint density at radius 2 is 1.87 bits per heavy atom. The largest absolute Gasteiger partial charge is 0.355 e. The predicted molar refractivity (Wildman–Crippen MR) is 87.0 cm³/mol. The summed E-state index contributed by atoms with van der Waals surface area (Å²) in [5, 5.41) is 7.86. The molecule has 6 heteroatoms. The highest BCUT2D eigenvalue weighted by molar-refractivity contribution is 5.96. The number of amides is 3. The Balaban J connectivity index is 1.84. The molecule has 0 aliphatic heterocycles. The van der Waals surface area contributed by atoms with Gasteiger partial charge < -0.3 is 16.0 Å². The van der Waals surface area contributed by atoms with Crippen molar-refractivity contribution in [2.75, 3.05) is 18.9 Å². The molecule has 0 radical (unpaired) electrons. The predicted octanol–water partition coefficient (Wildman–Crippen LogP) is 2.55. The SMILES string of the molecule is CNC(=O)c1cccc(NC(=O)NCCc2cccc(F)c2)c1. The van der Waals surface area contributed by atoms with Gasteiger partial charge in [0.25, 0.3) is 5.91 Å². The van der Waals surface area contributed by atoms with E-state index in [9.17, 15) is 14.0 Å². The zero-order chi connectivity index (χ0) is 16.7. The molecular formula is C17H18FN3O2. The number of carbonyl (C=O) groups is 2. The van der Waals surface area contributed by atoms with Crippen molar-refractivity contribution >= 4 is 17.6 Å². The van der Waals surface area contributed by atoms with E-state index in [1.807, 2.05) is 0 Å². The number of hydrogen-bond acceptors (Lipinski definition) is 2. The normalized spacial score (nSPS) is 10.0. The number of urea groups is 1. The highest BCUT2D eigenvalue weighted by Gasteiger charge is 2.06. The molecule has 2 aromatic rings. The van der Waals surface area contributed by atoms with Crippen LogP contribution >= 0.6 is 0 Å². The number of benzene rings is 2. The Kier molecular flexibility index (Phi) is 5.68. The molecule has 0 fully saturated rings. The Labute approximate surface area is 133 Å². The van der Waals surface area contributed by atoms with Gasteiger partial charge in [0.15, 0.2) is 0 Å². The first kappa shape index (κ1) is 16.5. The molecule has 0 aliphatic rings. The number of anilines is 1. The van der Waals surface area contributed by atoms with Gasteiger partial charge in [0.2, 0.25) is 0 Å². The van der Waals surface area contributed by atoms with Gasteiger partial charge in [-0.3, -0.25) is 4.79 Å². The second kappa shape index (κ2) is 7.93. The first-order valence-electron chi connectivity index (χ1n) is 7.20. The van der Waals surface area contributed by atoms with E-state index in [-0.39, 0.29) is 17.8 Å². The summed E-state index contributed by atoms with van der Waals surface area (Å²) in [5.41, 5.74) is 1.80. The average Bonchev–Trinajstić information content (AvgIpc) is 2.54. The smallest absolute Gasteiger partial charge is 0.319 e. The summed E-state index contributed by atoms with van der Waals surface area (Å²) in [5.74, 6) is -0.516. The van der Waals surface area contributed by atoms with E-state index < -0.39 is 0 Å². The third kappa shape index (κ3) is 5.10. The monoisotopic (exact) mass is 315 g/mol. The zero-order valence-corrected chi connectivity index (χ0v) is 12.7. The van der Waals surface area contributed by atoms with Crippen LogP contribution in [-0.4, -0.2) is 25.5 Å². The molecule has 5 nitrogen and oxygen atoms in total. The van der Waals surface area contributed by atoms with Crippen molar-refractivity contribution in [2.45, 2.75) is 6.42 Å². The van der Waals surface area contributed by atoms with E-state index in [1.165, 1.54) is 12.1 Å². The molecule has 0 heterocycles. The molecule has 0 aromatic heterocycles. The highest BCUT2D eigenvalue weighted by Crippen LogP contribution is 2.10. The minimum Gasteiger partial charge on any atom is -0.355 e. The van der Waals surface area contributed by atoms with Crippen LogP contribution < -0.4 is 16.0 Å². The van der Waals surface area contributed by atoms with Crippen LogP contribution in [-0.2, 0) is 6.42 Å². The van der Waals surface area contributed by atoms with E-state index in [0.29, 0.717) is 24.2 Å². The summed E-state index contributed by atoms with van der Waals surface area (Å²) >= 11 is 0. The van der Waals surface area contributed by atoms with E-state index in [1.54, 1.807) is 43.4 Å². The molecule has 0 saturated heterocycles. The van der Waals surface area contributed by atoms with Crippen molar-refractivity contribution in [1.82, 2.24) is 10.6 Å². The van der Waals surface area contributed by atoms with Gasteiger partial charge in [0.1, 0.15) is 5.82 Å². The summed E-state index contributed by atoms with van der Waals surface area (Å²) in [6.45, 7) is 0.379. The topological polar surface area (TPSA) is 70.2 Å². The van der Waals surface area contributed by atoms with Crippen LogP contribution in [0.1, 0.15) is 15.9 Å². The molecule has 2 rings (SSSR count). The quantitative estimate of drug-likeness (QED) is 0.793. The van der Waals surface area contributed by atoms with E-state index in [2.05, 4.69) is 16.0 Å². The lowest BCUT2D eigenvalue weighted by Gasteiger charge is -2.09. The summed E-state index contributed by atoms with van der Waals surface area (Å²) in [4.78, 5) is 23.4. The van der Waals surface area contributed by atoms with Crippen LogP contribution in [0.15, 0.2) is 48.5 Å². The second-order valence-corrected chi connectivity index (χ2v) is 4.92. The molecule has 0 spiro atoms. The highest BCUT2D eigenvalue weighted by atomic mass is 19.1. The number of nitrogens with one attached hydrogen (secondary N) is 3. The minimum absolute atomic E-state index is 0.222. The summed E-state index contributed by atoms with van der Waals surface area (Å²) < 4.78 is 13.0. The van der Waals surface area contributed by atoms with Crippen LogP contribution in [0, 0.1) is 5.82 Å². The fourth-order valence-electron chi connectivity index (χ4n) is 2.07. The molecule has 3 amide bonds. The first-order valence-corrected chi connectivity index (χ1v) is 7.20. The number of rotatable bonds is 5. The van der Waals surface area contributed by atoms with Crippen molar-refractivity contribution < 1.29 is 14.0 Å². The van der Waals surface area contributed by atoms with E-state index in [4.69, 9.17) is 0 Å². The third-order valence-corrected chi connectivity index (χ3v) is 3.20. The first-order chi connectivity index (χ1) is 11.1. The second-order valence-electron chi connectivity index (χ2n) is 4.92. The van der Waals surface area contributed by atoms with Crippen LogP contribution in [0.2, 0.25) is 0 Å². The van der Waals surface area contributed by atoms with Gasteiger partial charge in [-0.1, -0.05) is 18.2 Å². The Morgan fingerprint density at radius 1 is 1.09 bits per heavy atom. The van der Waals surface area contributed by atoms with Crippen molar-refractivity contribution in [3.63, 3.8) is 0 Å². The minimum atomic E-state index is -0.379. The van der Waals surface area contributed by atoms with Crippen LogP contribution in [0.5, 0.6) is 0 Å². The van der Waals surface area contributed by atoms with E-state index >= 15 is 0 Å². The van der Waals surface area contributed by atoms with Gasteiger partial charge in [0.05, 0.1) is 0 Å². The maximum absolute atomic E-state index is 13.0. The molecule has 0 saturated carbocycles. The standard InChI is InChI=1S/C17H18FN3O2/c1-19-16(22)13-5-3-7-15(11-13)21-17(23)20-9-8-12-4-2-6-14(18)10-12/h2-7,10-11H,8-9H2,1H3,(H,19,22)(H2,20,21,23). The van der Waals surface area contributed by atoms with Gasteiger partial charge in [-0.05, 0) is 42.3 Å². The fourth-order valence-corrected chi connectivity index (χ4v) is 2.07. The lowest BCUT2D eigenvalue weighted by atomic mass is 10.1. The lowest BCUT2D eigenvalue weighted by molar-refractivity contribution is 0.0963. The van der Waals surface area contributed by atoms with Crippen LogP contribution in [0.4, 0.5) is 14.9 Å². The molecule has 0 aliphatic carbocycles. The average molecular weight is 315 g/mol. The molecule has 0 bridgehead atoms. The van der Waals surface area contributed by atoms with Crippen LogP contribution in [0.25, 0.3) is 0 Å². The molecule has 3 N–H and O–H groups in total. The molecular weight excluding hydrogens is 297 g/mol. The van der Waals surface area contributed by atoms with Gasteiger partial charge in [-0.25, -0.2) is 9.18 Å². The van der Waals surface area contributed by atoms with Gasteiger partial charge in [0, 0.05) is 24.8 Å². The Hall–Kier alpha value is -2.89. The molecule has 2 aromatic carbocycles. The number of hydrogen-bond donors (Lipinski definition) is 3. The zero-order valence-electron chi connectivity index (χ0n) is 12.7. The van der Waals surface area contributed by atoms with Crippen molar-refractivity contribution in [3.05, 3.63) is 65.5 Å². The summed E-state index contributed by atoms with van der Waals surface area (Å²) in [6, 6.07) is 12.5. The number of halogens is 1. The fraction of sp³-hybridized carbons (Fsp3) is 0.176. The van der Waals surface area contributed by atoms with Crippen molar-refractivity contribution in [1.29, 1.82) is 0 Å². The van der Waals surface area contributed by atoms with Crippen molar-refractivity contribution in [2.24, 2.45) is 0 Å². The summed E-state index contributed by atoms with van der Waals surface area (Å²) in [7, 11) is 1.54. The van der Waals surface area contributed by atoms with Gasteiger partial charge in [-0.15, -0.1) is 0 Å². The Bertz CT molecular complexity index is 704. The number of carbonyl (C=O) groups excluding carboxylic acids is 2. The van der Waals surface area contributed by atoms with Crippen LogP contribution in [0.3, 0.4) is 0 Å². The van der Waals surface area contributed by atoms with Gasteiger partial charge >= 0.3 is 6.03 Å². The molecule has 0 unspecified atom stereocenters. The molecule has 0 atom stereocenters. The van der Waals surface area contributed by atoms with Crippen molar-refractivity contribution in [3.8, 4) is 0 Å². The lowest BCUT2D eigenvalue weighted by Crippen LogP contribution is -2.30. The van der Waals surface area contributed by atoms with Gasteiger partial charge in [-0.2, -0.15) is 0 Å². The molecule has 23 heavy (non-hydrogen) atoms. The maximum atomic E-state index is 13.0. The summed E-state index contributed by atoms with van der Waals surface area (Å²) in [6.07, 6.45) is 0.531. The molecule has 120 valence electrons. The third-order valence-electron chi connectivity index (χ3n) is 3.20.